The molecule has 1 aliphatic carbocycles. The summed E-state index contributed by atoms with van der Waals surface area (Å²) in [7, 11) is -14.9. The van der Waals surface area contributed by atoms with E-state index in [1.54, 1.807) is 0 Å². The molecule has 0 saturated carbocycles. The number of azo groups is 4. The SMILES string of the molecule is COc1ccc(N=Nc2cc3c([O-])c(c2)Cc2cc(N=Nc4ccc(OC)cc4S(=O)(=O)O)cc(c2[O-])Cc2cc(N=Nc4ccc(OC)cc4S(=O)(=O)O)cc(c2[O-])Cc2cc(N=Nc4ccc(OC)cc4S(=O)(=O)O)cc(c2[O-])C3)c(S(=O)(=O)O)c1.[Na+].[Na+].[Na+].[Na+]. The molecule has 92 heavy (non-hydrogen) atoms. The van der Waals surface area contributed by atoms with E-state index in [1.165, 1.54) is 126 Å². The fourth-order valence-corrected chi connectivity index (χ4v) is 11.7. The van der Waals surface area contributed by atoms with Gasteiger partial charge in [-0.05, 0) is 167 Å². The summed E-state index contributed by atoms with van der Waals surface area (Å²) in [4.78, 5) is -2.88. The molecule has 8 aromatic carbocycles. The Labute approximate surface area is 614 Å². The number of benzene rings is 8. The molecule has 8 aromatic rings. The second-order valence-electron chi connectivity index (χ2n) is 19.1. The molecule has 36 heteroatoms. The van der Waals surface area contributed by atoms with Crippen molar-refractivity contribution < 1.29 is 209 Å². The van der Waals surface area contributed by atoms with Crippen LogP contribution in [-0.4, -0.2) is 80.3 Å². The van der Waals surface area contributed by atoms with Crippen LogP contribution in [0.2, 0.25) is 0 Å². The quantitative estimate of drug-likeness (QED) is 0.0436. The summed E-state index contributed by atoms with van der Waals surface area (Å²) in [6.45, 7) is 0. The molecule has 0 unspecified atom stereocenters. The molecule has 0 radical (unpaired) electrons. The average molecular weight is 1370 g/mol. The van der Waals surface area contributed by atoms with Crippen molar-refractivity contribution in [3.05, 3.63) is 166 Å². The summed E-state index contributed by atoms with van der Waals surface area (Å²) in [6.07, 6.45) is -2.37. The van der Waals surface area contributed by atoms with Gasteiger partial charge in [0, 0.05) is 24.3 Å². The van der Waals surface area contributed by atoms with Crippen LogP contribution < -0.4 is 158 Å². The van der Waals surface area contributed by atoms with E-state index in [4.69, 9.17) is 18.9 Å². The maximum Gasteiger partial charge on any atom is 1.00 e. The summed E-state index contributed by atoms with van der Waals surface area (Å²) >= 11 is 0. The van der Waals surface area contributed by atoms with Crippen LogP contribution in [0.1, 0.15) is 44.5 Å². The number of hydrogen-bond acceptors (Lipinski definition) is 24. The van der Waals surface area contributed by atoms with E-state index in [1.807, 2.05) is 0 Å². The molecule has 0 aromatic heterocycles. The minimum absolute atomic E-state index is 0. The van der Waals surface area contributed by atoms with Crippen molar-refractivity contribution in [1.82, 2.24) is 0 Å². The third kappa shape index (κ3) is 18.4. The first-order valence-corrected chi connectivity index (χ1v) is 30.9. The van der Waals surface area contributed by atoms with Crippen LogP contribution in [0.3, 0.4) is 0 Å². The van der Waals surface area contributed by atoms with Crippen molar-refractivity contribution in [3.63, 3.8) is 0 Å². The second kappa shape index (κ2) is 31.6. The first kappa shape index (κ1) is 76.9. The van der Waals surface area contributed by atoms with Gasteiger partial charge in [0.1, 0.15) is 65.3 Å². The molecule has 4 N–H and O–H groups in total. The number of methoxy groups -OCH3 is 4. The fourth-order valence-electron chi connectivity index (χ4n) is 9.14. The number of hydrogen-bond donors (Lipinski definition) is 4. The minimum Gasteiger partial charge on any atom is -0.872 e. The maximum absolute atomic E-state index is 14.9. The van der Waals surface area contributed by atoms with Crippen molar-refractivity contribution in [2.75, 3.05) is 28.4 Å². The van der Waals surface area contributed by atoms with Gasteiger partial charge in [-0.2, -0.15) is 54.1 Å². The van der Waals surface area contributed by atoms with Crippen LogP contribution in [0.4, 0.5) is 45.5 Å². The fraction of sp³-hybridized carbons (Fsp3) is 0.143. The summed E-state index contributed by atoms with van der Waals surface area (Å²) in [5, 5.41) is 92.8. The summed E-state index contributed by atoms with van der Waals surface area (Å²) in [6, 6.07) is 23.4. The van der Waals surface area contributed by atoms with Gasteiger partial charge in [-0.15, -0.1) is 43.5 Å². The standard InChI is InChI=1S/C56H48N8O20S4.4Na/c1-81-41-5-9-45(49(25-41)85(69,70)71)61-57-37-17-29-13-31-19-38(58-62-46-10-6-42(82-2)26-50(46)86(72,73)74)21-33(54(31)66)15-35-23-40(60-64-48-12-8-44(84-4)28-52(48)88(78,79)80)24-36(56(35)68)16-34-22-39(20-32(55(34)67)14-30(18-37)53(29)65)59-63-47-11-7-43(83-3)27-51(47)87(75,76)77;;;;/h5-12,17-28,65-68H,13-16H2,1-4H3,(H,69,70,71)(H,72,73,74)(H,75,76,77)(H,78,79,80);;;;/q;4*+1/p-4. The monoisotopic (exact) mass is 1370 g/mol. The van der Waals surface area contributed by atoms with Gasteiger partial charge in [-0.1, -0.05) is 0 Å². The topological polar surface area (TPSA) is 446 Å². The molecule has 0 atom stereocenters. The predicted octanol–water partition coefficient (Wildman–Crippen LogP) is -2.64. The van der Waals surface area contributed by atoms with Crippen LogP contribution >= 0.6 is 0 Å². The number of ether oxygens (including phenoxy) is 4. The van der Waals surface area contributed by atoms with Gasteiger partial charge in [-0.3, -0.25) is 18.2 Å². The van der Waals surface area contributed by atoms with Crippen molar-refractivity contribution in [2.45, 2.75) is 45.3 Å². The van der Waals surface area contributed by atoms with Gasteiger partial charge in [0.25, 0.3) is 40.5 Å². The molecule has 1 aliphatic rings. The second-order valence-corrected chi connectivity index (χ2v) is 24.7. The Morgan fingerprint density at radius 3 is 0.598 bits per heavy atom. The van der Waals surface area contributed by atoms with E-state index >= 15 is 0 Å². The Morgan fingerprint density at radius 1 is 0.293 bits per heavy atom. The van der Waals surface area contributed by atoms with Crippen LogP contribution in [0.5, 0.6) is 46.0 Å². The molecule has 8 bridgehead atoms. The third-order valence-corrected chi connectivity index (χ3v) is 16.8. The Kier molecular flexibility index (Phi) is 26.4. The Balaban J connectivity index is 0.00000384. The van der Waals surface area contributed by atoms with Crippen LogP contribution in [0.15, 0.2) is 182 Å². The van der Waals surface area contributed by atoms with Gasteiger partial charge in [0.2, 0.25) is 0 Å². The van der Waals surface area contributed by atoms with E-state index in [9.17, 15) is 72.3 Å². The van der Waals surface area contributed by atoms with Crippen LogP contribution in [0, 0.1) is 0 Å². The zero-order valence-corrected chi connectivity index (χ0v) is 61.2. The summed E-state index contributed by atoms with van der Waals surface area (Å²) < 4.78 is 161. The molecule has 0 fully saturated rings. The average Bonchev–Trinajstić information content (AvgIpc) is 0.951. The molecule has 0 aliphatic heterocycles. The number of rotatable bonds is 16. The van der Waals surface area contributed by atoms with Gasteiger partial charge in [0.05, 0.1) is 51.2 Å². The summed E-state index contributed by atoms with van der Waals surface area (Å²) in [5.74, 6) is -3.03. The van der Waals surface area contributed by atoms with Crippen molar-refractivity contribution in [1.29, 1.82) is 0 Å². The molecule has 0 heterocycles. The molecule has 0 saturated heterocycles. The van der Waals surface area contributed by atoms with Crippen LogP contribution in [0.25, 0.3) is 0 Å². The zero-order chi connectivity index (χ0) is 63.6. The van der Waals surface area contributed by atoms with Gasteiger partial charge in [-0.25, -0.2) is 0 Å². The molecular weight excluding hydrogens is 1320 g/mol. The molecule has 28 nitrogen and oxygen atoms in total. The normalized spacial score (nSPS) is 12.6. The third-order valence-electron chi connectivity index (χ3n) is 13.3. The summed E-state index contributed by atoms with van der Waals surface area (Å²) in [5.41, 5.74) is -3.90. The Bertz CT molecular complexity index is 4090. The molecular formula is C56H44N8Na4O20S4. The van der Waals surface area contributed by atoms with Gasteiger partial charge >= 0.3 is 118 Å². The molecule has 456 valence electrons. The molecule has 9 rings (SSSR count). The van der Waals surface area contributed by atoms with Crippen LogP contribution in [-0.2, 0) is 66.2 Å². The number of fused-ring (bicyclic) bond motifs is 8. The Hall–Kier alpha value is -5.80. The van der Waals surface area contributed by atoms with E-state index in [0.717, 1.165) is 24.3 Å². The van der Waals surface area contributed by atoms with E-state index in [-0.39, 0.29) is 208 Å². The molecule has 0 amide bonds. The van der Waals surface area contributed by atoms with Crippen molar-refractivity contribution >= 4 is 86.0 Å². The Morgan fingerprint density at radius 2 is 0.457 bits per heavy atom. The van der Waals surface area contributed by atoms with Gasteiger partial charge in [0.15, 0.2) is 0 Å². The van der Waals surface area contributed by atoms with E-state index < -0.39 is 131 Å². The maximum atomic E-state index is 14.9. The van der Waals surface area contributed by atoms with E-state index in [2.05, 4.69) is 40.9 Å². The first-order chi connectivity index (χ1) is 41.5. The zero-order valence-electron chi connectivity index (χ0n) is 49.9. The van der Waals surface area contributed by atoms with Crippen molar-refractivity contribution in [2.24, 2.45) is 40.9 Å². The minimum atomic E-state index is -4.96. The first-order valence-electron chi connectivity index (χ1n) is 25.1. The largest absolute Gasteiger partial charge is 1.00 e. The predicted molar refractivity (Wildman–Crippen MR) is 303 cm³/mol. The number of nitrogens with zero attached hydrogens (tertiary/aromatic N) is 8. The van der Waals surface area contributed by atoms with E-state index in [0.29, 0.717) is 0 Å². The van der Waals surface area contributed by atoms with Crippen molar-refractivity contribution in [3.8, 4) is 46.0 Å². The smallest absolute Gasteiger partial charge is 0.872 e. The molecule has 0 spiro atoms. The van der Waals surface area contributed by atoms with Gasteiger partial charge < -0.3 is 39.4 Å².